The van der Waals surface area contributed by atoms with Crippen molar-refractivity contribution < 1.29 is 57.0 Å². The number of esters is 1. The van der Waals surface area contributed by atoms with Gasteiger partial charge < -0.3 is 47.4 Å². The van der Waals surface area contributed by atoms with Gasteiger partial charge in [-0.1, -0.05) is 6.07 Å². The van der Waals surface area contributed by atoms with Crippen LogP contribution in [0.25, 0.3) is 11.1 Å². The maximum atomic E-state index is 12.2. The van der Waals surface area contributed by atoms with Crippen molar-refractivity contribution in [2.24, 2.45) is 0 Å². The second kappa shape index (κ2) is 21.6. The largest absolute Gasteiger partial charge is 0.469 e. The molecule has 2 aromatic carbocycles. The normalized spacial score (nSPS) is 11.0. The molecule has 234 valence electrons. The van der Waals surface area contributed by atoms with Crippen LogP contribution in [0.1, 0.15) is 21.5 Å². The summed E-state index contributed by atoms with van der Waals surface area (Å²) in [5.41, 5.74) is 2.90. The van der Waals surface area contributed by atoms with Crippen LogP contribution in [-0.4, -0.2) is 107 Å². The number of ether oxygens (including phenoxy) is 10. The molecule has 0 N–H and O–H groups in total. The van der Waals surface area contributed by atoms with E-state index >= 15 is 0 Å². The van der Waals surface area contributed by atoms with Crippen molar-refractivity contribution in [3.05, 3.63) is 47.0 Å². The predicted molar refractivity (Wildman–Crippen MR) is 152 cm³/mol. The summed E-state index contributed by atoms with van der Waals surface area (Å²) < 4.78 is 53.7. The predicted octanol–water partition coefficient (Wildman–Crippen LogP) is 3.06. The lowest BCUT2D eigenvalue weighted by Crippen LogP contribution is -2.11. The van der Waals surface area contributed by atoms with Gasteiger partial charge >= 0.3 is 5.97 Å². The molecule has 0 aliphatic rings. The van der Waals surface area contributed by atoms with Crippen molar-refractivity contribution in [3.63, 3.8) is 0 Å². The Morgan fingerprint density at radius 1 is 0.667 bits per heavy atom. The zero-order valence-electron chi connectivity index (χ0n) is 24.8. The van der Waals surface area contributed by atoms with E-state index in [2.05, 4.69) is 0 Å². The highest BCUT2D eigenvalue weighted by Crippen LogP contribution is 2.40. The summed E-state index contributed by atoms with van der Waals surface area (Å²) in [6, 6.07) is 9.01. The topological polar surface area (TPSA) is 126 Å². The molecule has 0 saturated heterocycles. The van der Waals surface area contributed by atoms with E-state index in [0.717, 1.165) is 5.56 Å². The number of hydrogen-bond acceptors (Lipinski definition) is 12. The Bertz CT molecular complexity index is 1060. The van der Waals surface area contributed by atoms with Crippen LogP contribution in [0.2, 0.25) is 0 Å². The van der Waals surface area contributed by atoms with E-state index in [4.69, 9.17) is 47.4 Å². The van der Waals surface area contributed by atoms with Gasteiger partial charge in [0.2, 0.25) is 0 Å². The molecule has 2 rings (SSSR count). The molecule has 12 nitrogen and oxygen atoms in total. The van der Waals surface area contributed by atoms with Crippen LogP contribution in [0.15, 0.2) is 30.3 Å². The first-order chi connectivity index (χ1) is 20.6. The summed E-state index contributed by atoms with van der Waals surface area (Å²) in [6.45, 7) is 2.80. The molecule has 2 aromatic rings. The third-order valence-corrected chi connectivity index (χ3v) is 5.80. The molecule has 0 amide bonds. The molecule has 0 spiro atoms. The molecule has 0 fully saturated rings. The summed E-state index contributed by atoms with van der Waals surface area (Å²) in [7, 11) is 6.07. The van der Waals surface area contributed by atoms with Crippen LogP contribution < -0.4 is 9.47 Å². The van der Waals surface area contributed by atoms with E-state index in [-0.39, 0.29) is 38.1 Å². The van der Waals surface area contributed by atoms with E-state index in [1.54, 1.807) is 33.5 Å². The highest BCUT2D eigenvalue weighted by atomic mass is 16.7. The number of carbonyl (C=O) groups excluding carboxylic acids is 2. The van der Waals surface area contributed by atoms with Crippen LogP contribution in [0.3, 0.4) is 0 Å². The Kier molecular flexibility index (Phi) is 18.0. The van der Waals surface area contributed by atoms with Crippen LogP contribution in [0, 0.1) is 0 Å². The van der Waals surface area contributed by atoms with Gasteiger partial charge in [-0.15, -0.1) is 0 Å². The van der Waals surface area contributed by atoms with E-state index in [0.29, 0.717) is 81.4 Å². The minimum absolute atomic E-state index is 0.0314. The SMILES string of the molecule is COCCOCOCCc1ccc(OCOCCOC)c(-c2cc(CC(=O)OC)cc(C=O)c2OCOCCOC)c1. The Labute approximate surface area is 247 Å². The fraction of sp³-hybridized carbons (Fsp3) is 0.533. The fourth-order valence-electron chi connectivity index (χ4n) is 3.69. The number of benzene rings is 2. The van der Waals surface area contributed by atoms with Gasteiger partial charge in [0, 0.05) is 32.5 Å². The van der Waals surface area contributed by atoms with Gasteiger partial charge in [-0.05, 0) is 41.8 Å². The molecule has 0 radical (unpaired) electrons. The second-order valence-electron chi connectivity index (χ2n) is 8.77. The number of aldehydes is 1. The van der Waals surface area contributed by atoms with E-state index in [9.17, 15) is 9.59 Å². The molecule has 0 aromatic heterocycles. The number of methoxy groups -OCH3 is 4. The maximum Gasteiger partial charge on any atom is 0.309 e. The molecule has 12 heteroatoms. The molecule has 0 heterocycles. The minimum Gasteiger partial charge on any atom is -0.469 e. The van der Waals surface area contributed by atoms with Crippen molar-refractivity contribution in [2.45, 2.75) is 12.8 Å². The lowest BCUT2D eigenvalue weighted by Gasteiger charge is -2.19. The van der Waals surface area contributed by atoms with Gasteiger partial charge in [0.05, 0.1) is 65.3 Å². The monoisotopic (exact) mass is 594 g/mol. The Morgan fingerprint density at radius 3 is 1.88 bits per heavy atom. The number of rotatable bonds is 24. The van der Waals surface area contributed by atoms with Gasteiger partial charge in [0.15, 0.2) is 19.9 Å². The first kappa shape index (κ1) is 35.1. The van der Waals surface area contributed by atoms with Crippen LogP contribution >= 0.6 is 0 Å². The number of carbonyl (C=O) groups is 2. The fourth-order valence-corrected chi connectivity index (χ4v) is 3.69. The van der Waals surface area contributed by atoms with Gasteiger partial charge in [-0.25, -0.2) is 0 Å². The Hall–Kier alpha value is -3.10. The Morgan fingerprint density at radius 2 is 1.26 bits per heavy atom. The molecular weight excluding hydrogens is 552 g/mol. The van der Waals surface area contributed by atoms with Crippen LogP contribution in [-0.2, 0) is 55.5 Å². The molecule has 0 unspecified atom stereocenters. The van der Waals surface area contributed by atoms with E-state index < -0.39 is 5.97 Å². The van der Waals surface area contributed by atoms with Gasteiger partial charge in [-0.3, -0.25) is 9.59 Å². The van der Waals surface area contributed by atoms with Crippen LogP contribution in [0.5, 0.6) is 11.5 Å². The molecule has 42 heavy (non-hydrogen) atoms. The standard InChI is InChI=1S/C30H42O12/c1-33-9-12-38-20-37-8-7-23-5-6-28(41-21-39-13-10-34-2)26(16-23)27-17-24(18-29(32)36-4)15-25(19-31)30(27)42-22-40-14-11-35-3/h5-6,15-17,19H,7-14,18,20-22H2,1-4H3. The molecule has 0 atom stereocenters. The molecule has 0 aliphatic carbocycles. The minimum atomic E-state index is -0.448. The summed E-state index contributed by atoms with van der Waals surface area (Å²) in [6.07, 6.45) is 1.20. The smallest absolute Gasteiger partial charge is 0.309 e. The quantitative estimate of drug-likeness (QED) is 0.0767. The summed E-state index contributed by atoms with van der Waals surface area (Å²) in [5.74, 6) is 0.314. The van der Waals surface area contributed by atoms with Gasteiger partial charge in [0.25, 0.3) is 0 Å². The van der Waals surface area contributed by atoms with Crippen molar-refractivity contribution in [2.75, 3.05) is 95.1 Å². The van der Waals surface area contributed by atoms with Crippen molar-refractivity contribution in [1.29, 1.82) is 0 Å². The van der Waals surface area contributed by atoms with Crippen molar-refractivity contribution in [3.8, 4) is 22.6 Å². The highest BCUT2D eigenvalue weighted by molar-refractivity contribution is 5.89. The molecule has 0 saturated carbocycles. The highest BCUT2D eigenvalue weighted by Gasteiger charge is 2.20. The zero-order chi connectivity index (χ0) is 30.4. The third kappa shape index (κ3) is 12.8. The maximum absolute atomic E-state index is 12.2. The first-order valence-electron chi connectivity index (χ1n) is 13.4. The second-order valence-corrected chi connectivity index (χ2v) is 8.77. The van der Waals surface area contributed by atoms with E-state index in [1.807, 2.05) is 18.2 Å². The lowest BCUT2D eigenvalue weighted by molar-refractivity contribution is -0.139. The molecular formula is C30H42O12. The zero-order valence-corrected chi connectivity index (χ0v) is 24.8. The van der Waals surface area contributed by atoms with Crippen molar-refractivity contribution >= 4 is 12.3 Å². The summed E-state index contributed by atoms with van der Waals surface area (Å²) >= 11 is 0. The Balaban J connectivity index is 2.43. The van der Waals surface area contributed by atoms with E-state index in [1.165, 1.54) is 7.11 Å². The van der Waals surface area contributed by atoms with Crippen molar-refractivity contribution in [1.82, 2.24) is 0 Å². The molecule has 0 bridgehead atoms. The number of hydrogen-bond donors (Lipinski definition) is 0. The first-order valence-corrected chi connectivity index (χ1v) is 13.4. The summed E-state index contributed by atoms with van der Waals surface area (Å²) in [4.78, 5) is 24.3. The third-order valence-electron chi connectivity index (χ3n) is 5.80. The molecule has 0 aliphatic heterocycles. The average molecular weight is 595 g/mol. The lowest BCUT2D eigenvalue weighted by atomic mass is 9.94. The summed E-state index contributed by atoms with van der Waals surface area (Å²) in [5, 5.41) is 0. The average Bonchev–Trinajstić information content (AvgIpc) is 3.00. The van der Waals surface area contributed by atoms with Gasteiger partial charge in [-0.2, -0.15) is 0 Å². The van der Waals surface area contributed by atoms with Gasteiger partial charge in [0.1, 0.15) is 18.3 Å². The van der Waals surface area contributed by atoms with Crippen LogP contribution in [0.4, 0.5) is 0 Å².